The van der Waals surface area contributed by atoms with Crippen LogP contribution in [0.15, 0.2) is 5.18 Å². The maximum atomic E-state index is 11.2. The van der Waals surface area contributed by atoms with Crippen molar-refractivity contribution in [2.24, 2.45) is 11.1 Å². The average molecular weight is 155 g/mol. The first kappa shape index (κ1) is 8.37. The van der Waals surface area contributed by atoms with Crippen LogP contribution >= 0.6 is 0 Å². The van der Waals surface area contributed by atoms with Crippen molar-refractivity contribution in [3.63, 3.8) is 0 Å². The molecule has 11 heavy (non-hydrogen) atoms. The number of hydrogen-bond acceptors (Lipinski definition) is 3. The Morgan fingerprint density at radius 1 is 1.55 bits per heavy atom. The Hall–Kier alpha value is -0.730. The number of rotatable bonds is 2. The van der Waals surface area contributed by atoms with Gasteiger partial charge in [-0.3, -0.25) is 4.79 Å². The highest BCUT2D eigenvalue weighted by atomic mass is 16.3. The molecule has 0 amide bonds. The van der Waals surface area contributed by atoms with Gasteiger partial charge in [-0.1, -0.05) is 11.6 Å². The van der Waals surface area contributed by atoms with Crippen LogP contribution in [0.5, 0.6) is 0 Å². The Labute approximate surface area is 66.1 Å². The quantitative estimate of drug-likeness (QED) is 0.572. The summed E-state index contributed by atoms with van der Waals surface area (Å²) in [7, 11) is 0. The van der Waals surface area contributed by atoms with E-state index in [0.717, 1.165) is 19.3 Å². The minimum atomic E-state index is -0.317. The van der Waals surface area contributed by atoms with Gasteiger partial charge in [-0.25, -0.2) is 0 Å². The summed E-state index contributed by atoms with van der Waals surface area (Å²) in [5.74, 6) is 0.143. The lowest BCUT2D eigenvalue weighted by atomic mass is 9.84. The van der Waals surface area contributed by atoms with Crippen molar-refractivity contribution in [2.75, 3.05) is 0 Å². The van der Waals surface area contributed by atoms with E-state index in [1.54, 1.807) is 6.92 Å². The lowest BCUT2D eigenvalue weighted by Gasteiger charge is -2.21. The predicted molar refractivity (Wildman–Crippen MR) is 42.2 cm³/mol. The standard InChI is InChI=1S/C8H13NO2/c1-6(9-11)7-4-2-3-5-8(7)10/h6-7H,2-5H2,1H3. The summed E-state index contributed by atoms with van der Waals surface area (Å²) in [6.45, 7) is 1.72. The summed E-state index contributed by atoms with van der Waals surface area (Å²) in [5, 5.41) is 2.89. The molecule has 62 valence electrons. The van der Waals surface area contributed by atoms with Crippen LogP contribution in [-0.2, 0) is 4.79 Å². The van der Waals surface area contributed by atoms with Crippen molar-refractivity contribution < 1.29 is 4.79 Å². The van der Waals surface area contributed by atoms with Crippen LogP contribution in [-0.4, -0.2) is 11.8 Å². The molecule has 0 aromatic heterocycles. The van der Waals surface area contributed by atoms with Crippen molar-refractivity contribution in [1.29, 1.82) is 0 Å². The molecule has 2 unspecified atom stereocenters. The Kier molecular flexibility index (Phi) is 2.74. The minimum Gasteiger partial charge on any atom is -0.299 e. The highest BCUT2D eigenvalue weighted by Gasteiger charge is 2.27. The zero-order chi connectivity index (χ0) is 8.27. The van der Waals surface area contributed by atoms with Crippen LogP contribution in [0.4, 0.5) is 0 Å². The van der Waals surface area contributed by atoms with Gasteiger partial charge in [0.05, 0.1) is 6.04 Å². The fourth-order valence-corrected chi connectivity index (χ4v) is 1.59. The molecule has 1 rings (SSSR count). The maximum absolute atomic E-state index is 11.2. The zero-order valence-electron chi connectivity index (χ0n) is 6.75. The van der Waals surface area contributed by atoms with Crippen molar-refractivity contribution >= 4 is 5.78 Å². The number of Topliss-reactive ketones (excluding diaryl/α,β-unsaturated/α-hetero) is 1. The van der Waals surface area contributed by atoms with Gasteiger partial charge >= 0.3 is 0 Å². The van der Waals surface area contributed by atoms with Gasteiger partial charge < -0.3 is 0 Å². The van der Waals surface area contributed by atoms with E-state index in [2.05, 4.69) is 5.18 Å². The van der Waals surface area contributed by atoms with E-state index >= 15 is 0 Å². The van der Waals surface area contributed by atoms with Crippen LogP contribution in [0.2, 0.25) is 0 Å². The second-order valence-corrected chi connectivity index (χ2v) is 3.16. The molecular weight excluding hydrogens is 142 g/mol. The second kappa shape index (κ2) is 3.60. The lowest BCUT2D eigenvalue weighted by Crippen LogP contribution is -2.27. The van der Waals surface area contributed by atoms with Crippen molar-refractivity contribution in [1.82, 2.24) is 0 Å². The highest BCUT2D eigenvalue weighted by molar-refractivity contribution is 5.82. The van der Waals surface area contributed by atoms with E-state index in [1.807, 2.05) is 0 Å². The molecule has 0 saturated heterocycles. The Balaban J connectivity index is 2.53. The summed E-state index contributed by atoms with van der Waals surface area (Å²) in [6.07, 6.45) is 3.55. The molecule has 0 N–H and O–H groups in total. The molecule has 0 radical (unpaired) electrons. The van der Waals surface area contributed by atoms with Crippen LogP contribution in [0.3, 0.4) is 0 Å². The van der Waals surface area contributed by atoms with Crippen LogP contribution < -0.4 is 0 Å². The first-order chi connectivity index (χ1) is 5.25. The van der Waals surface area contributed by atoms with Gasteiger partial charge in [0.25, 0.3) is 0 Å². The molecule has 0 spiro atoms. The van der Waals surface area contributed by atoms with Gasteiger partial charge in [0, 0.05) is 12.3 Å². The molecule has 0 aromatic carbocycles. The van der Waals surface area contributed by atoms with Crippen molar-refractivity contribution in [3.05, 3.63) is 4.91 Å². The van der Waals surface area contributed by atoms with Gasteiger partial charge in [-0.15, -0.1) is 0 Å². The third-order valence-corrected chi connectivity index (χ3v) is 2.35. The molecule has 2 atom stereocenters. The number of carbonyl (C=O) groups excluding carboxylic acids is 1. The Morgan fingerprint density at radius 3 is 2.82 bits per heavy atom. The largest absolute Gasteiger partial charge is 0.299 e. The smallest absolute Gasteiger partial charge is 0.138 e. The first-order valence-electron chi connectivity index (χ1n) is 4.11. The van der Waals surface area contributed by atoms with Crippen molar-refractivity contribution in [2.45, 2.75) is 38.6 Å². The third kappa shape index (κ3) is 1.85. The number of nitroso groups, excluding NO2 is 1. The monoisotopic (exact) mass is 155 g/mol. The predicted octanol–water partition coefficient (Wildman–Crippen LogP) is 1.90. The minimum absolute atomic E-state index is 0.0822. The molecule has 1 aliphatic carbocycles. The van der Waals surface area contributed by atoms with Gasteiger partial charge in [0.15, 0.2) is 0 Å². The molecule has 3 heteroatoms. The first-order valence-corrected chi connectivity index (χ1v) is 4.11. The zero-order valence-corrected chi connectivity index (χ0v) is 6.75. The SMILES string of the molecule is CC(N=O)C1CCCCC1=O. The molecule has 0 aromatic rings. The molecule has 3 nitrogen and oxygen atoms in total. The van der Waals surface area contributed by atoms with E-state index < -0.39 is 0 Å². The number of ketones is 1. The molecule has 1 saturated carbocycles. The van der Waals surface area contributed by atoms with E-state index in [9.17, 15) is 9.70 Å². The number of carbonyl (C=O) groups is 1. The summed E-state index contributed by atoms with van der Waals surface area (Å²) < 4.78 is 0. The van der Waals surface area contributed by atoms with Gasteiger partial charge in [0.1, 0.15) is 5.78 Å². The molecule has 0 heterocycles. The lowest BCUT2D eigenvalue weighted by molar-refractivity contribution is -0.125. The summed E-state index contributed by atoms with van der Waals surface area (Å²) in [6, 6.07) is -0.317. The third-order valence-electron chi connectivity index (χ3n) is 2.35. The van der Waals surface area contributed by atoms with E-state index in [4.69, 9.17) is 0 Å². The van der Waals surface area contributed by atoms with Crippen LogP contribution in [0.1, 0.15) is 32.6 Å². The van der Waals surface area contributed by atoms with Crippen LogP contribution in [0.25, 0.3) is 0 Å². The number of nitrogens with zero attached hydrogens (tertiary/aromatic N) is 1. The fourth-order valence-electron chi connectivity index (χ4n) is 1.59. The van der Waals surface area contributed by atoms with Crippen LogP contribution in [0, 0.1) is 10.8 Å². The highest BCUT2D eigenvalue weighted by Crippen LogP contribution is 2.24. The average Bonchev–Trinajstić information content (AvgIpc) is 2.04. The summed E-state index contributed by atoms with van der Waals surface area (Å²) in [4.78, 5) is 21.3. The van der Waals surface area contributed by atoms with E-state index in [0.29, 0.717) is 6.42 Å². The molecule has 0 bridgehead atoms. The summed E-state index contributed by atoms with van der Waals surface area (Å²) in [5.41, 5.74) is 0. The molecule has 1 fully saturated rings. The van der Waals surface area contributed by atoms with E-state index in [1.165, 1.54) is 0 Å². The topological polar surface area (TPSA) is 46.5 Å². The fraction of sp³-hybridized carbons (Fsp3) is 0.875. The maximum Gasteiger partial charge on any atom is 0.138 e. The second-order valence-electron chi connectivity index (χ2n) is 3.16. The number of hydrogen-bond donors (Lipinski definition) is 0. The van der Waals surface area contributed by atoms with Crippen molar-refractivity contribution in [3.8, 4) is 0 Å². The van der Waals surface area contributed by atoms with Gasteiger partial charge in [-0.05, 0) is 19.8 Å². The molecular formula is C8H13NO2. The summed E-state index contributed by atoms with van der Waals surface area (Å²) >= 11 is 0. The van der Waals surface area contributed by atoms with Gasteiger partial charge in [-0.2, -0.15) is 4.91 Å². The van der Waals surface area contributed by atoms with Gasteiger partial charge in [0.2, 0.25) is 0 Å². The normalized spacial score (nSPS) is 28.1. The molecule has 0 aliphatic heterocycles. The Morgan fingerprint density at radius 2 is 2.27 bits per heavy atom. The Bertz CT molecular complexity index is 167. The molecule has 1 aliphatic rings. The van der Waals surface area contributed by atoms with E-state index in [-0.39, 0.29) is 17.7 Å².